The molecule has 0 aromatic heterocycles. The summed E-state index contributed by atoms with van der Waals surface area (Å²) in [7, 11) is 0. The highest BCUT2D eigenvalue weighted by molar-refractivity contribution is 5.80. The Morgan fingerprint density at radius 2 is 1.58 bits per heavy atom. The van der Waals surface area contributed by atoms with Crippen LogP contribution in [0.2, 0.25) is 0 Å². The highest BCUT2D eigenvalue weighted by Crippen LogP contribution is 2.33. The molecular formula is C26H31FN2O2. The first-order valence-electron chi connectivity index (χ1n) is 11.4. The number of benzene rings is 2. The Morgan fingerprint density at radius 1 is 0.871 bits per heavy atom. The van der Waals surface area contributed by atoms with Crippen molar-refractivity contribution in [1.82, 2.24) is 9.80 Å². The molecule has 2 heterocycles. The zero-order chi connectivity index (χ0) is 21.6. The first-order chi connectivity index (χ1) is 15.1. The van der Waals surface area contributed by atoms with E-state index in [9.17, 15) is 14.0 Å². The average Bonchev–Trinajstić information content (AvgIpc) is 2.98. The smallest absolute Gasteiger partial charge is 0.226 e. The number of carbonyl (C=O) groups is 2. The monoisotopic (exact) mass is 422 g/mol. The average molecular weight is 423 g/mol. The number of hydrogen-bond acceptors (Lipinski definition) is 2. The van der Waals surface area contributed by atoms with E-state index in [2.05, 4.69) is 12.1 Å². The van der Waals surface area contributed by atoms with Gasteiger partial charge in [0.25, 0.3) is 0 Å². The summed E-state index contributed by atoms with van der Waals surface area (Å²) in [5, 5.41) is 0. The van der Waals surface area contributed by atoms with Crippen LogP contribution in [0.3, 0.4) is 0 Å². The van der Waals surface area contributed by atoms with E-state index < -0.39 is 0 Å². The lowest BCUT2D eigenvalue weighted by molar-refractivity contribution is -0.138. The Balaban J connectivity index is 1.33. The predicted molar refractivity (Wildman–Crippen MR) is 119 cm³/mol. The van der Waals surface area contributed by atoms with Gasteiger partial charge in [0.05, 0.1) is 6.42 Å². The summed E-state index contributed by atoms with van der Waals surface area (Å²) < 4.78 is 13.1. The molecule has 0 N–H and O–H groups in total. The van der Waals surface area contributed by atoms with Gasteiger partial charge in [0, 0.05) is 32.1 Å². The van der Waals surface area contributed by atoms with E-state index in [4.69, 9.17) is 0 Å². The molecule has 1 atom stereocenters. The largest absolute Gasteiger partial charge is 0.342 e. The van der Waals surface area contributed by atoms with Crippen LogP contribution in [0.5, 0.6) is 0 Å². The quantitative estimate of drug-likeness (QED) is 0.715. The van der Waals surface area contributed by atoms with Crippen molar-refractivity contribution >= 4 is 11.8 Å². The molecule has 2 aliphatic rings. The number of amides is 2. The van der Waals surface area contributed by atoms with E-state index in [0.29, 0.717) is 32.0 Å². The molecular weight excluding hydrogens is 391 g/mol. The maximum absolute atomic E-state index is 13.3. The third-order valence-corrected chi connectivity index (χ3v) is 6.77. The van der Waals surface area contributed by atoms with E-state index in [1.165, 1.54) is 17.7 Å². The van der Waals surface area contributed by atoms with Crippen LogP contribution in [0.1, 0.15) is 43.2 Å². The second-order valence-corrected chi connectivity index (χ2v) is 8.87. The number of rotatable bonds is 5. The van der Waals surface area contributed by atoms with Gasteiger partial charge < -0.3 is 9.80 Å². The van der Waals surface area contributed by atoms with Crippen molar-refractivity contribution in [3.63, 3.8) is 0 Å². The van der Waals surface area contributed by atoms with Gasteiger partial charge in [-0.15, -0.1) is 0 Å². The van der Waals surface area contributed by atoms with Crippen molar-refractivity contribution in [2.75, 3.05) is 19.6 Å². The maximum Gasteiger partial charge on any atom is 0.226 e. The van der Waals surface area contributed by atoms with Crippen molar-refractivity contribution in [2.24, 2.45) is 11.8 Å². The van der Waals surface area contributed by atoms with Gasteiger partial charge in [0.15, 0.2) is 0 Å². The van der Waals surface area contributed by atoms with E-state index in [1.807, 2.05) is 28.0 Å². The third-order valence-electron chi connectivity index (χ3n) is 6.77. The minimum Gasteiger partial charge on any atom is -0.342 e. The molecule has 0 radical (unpaired) electrons. The number of nitrogens with zero attached hydrogens (tertiary/aromatic N) is 2. The number of hydrogen-bond donors (Lipinski definition) is 0. The van der Waals surface area contributed by atoms with Gasteiger partial charge in [0.2, 0.25) is 11.8 Å². The summed E-state index contributed by atoms with van der Waals surface area (Å²) in [5.74, 6) is 0.506. The Hall–Kier alpha value is -2.69. The van der Waals surface area contributed by atoms with Gasteiger partial charge in [0.1, 0.15) is 5.82 Å². The van der Waals surface area contributed by atoms with Crippen LogP contribution < -0.4 is 0 Å². The zero-order valence-corrected chi connectivity index (χ0v) is 18.0. The highest BCUT2D eigenvalue weighted by atomic mass is 19.1. The van der Waals surface area contributed by atoms with Crippen molar-refractivity contribution in [3.05, 3.63) is 71.5 Å². The molecule has 4 nitrogen and oxygen atoms in total. The molecule has 2 amide bonds. The van der Waals surface area contributed by atoms with Crippen LogP contribution in [0.4, 0.5) is 4.39 Å². The molecule has 2 aromatic carbocycles. The summed E-state index contributed by atoms with van der Waals surface area (Å²) in [6.45, 7) is 2.92. The predicted octanol–water partition coefficient (Wildman–Crippen LogP) is 4.44. The van der Waals surface area contributed by atoms with Crippen molar-refractivity contribution < 1.29 is 14.0 Å². The Morgan fingerprint density at radius 3 is 2.29 bits per heavy atom. The molecule has 0 saturated carbocycles. The molecule has 1 unspecified atom stereocenters. The highest BCUT2D eigenvalue weighted by Gasteiger charge is 2.35. The lowest BCUT2D eigenvalue weighted by Crippen LogP contribution is -2.44. The fraction of sp³-hybridized carbons (Fsp3) is 0.462. The topological polar surface area (TPSA) is 40.6 Å². The Bertz CT molecular complexity index is 876. The molecule has 0 bridgehead atoms. The van der Waals surface area contributed by atoms with Crippen LogP contribution in [-0.4, -0.2) is 41.2 Å². The number of halogens is 1. The van der Waals surface area contributed by atoms with Gasteiger partial charge in [-0.1, -0.05) is 48.9 Å². The number of carbonyl (C=O) groups excluding carboxylic acids is 2. The molecule has 164 valence electrons. The number of likely N-dealkylation sites (tertiary alicyclic amines) is 2. The van der Waals surface area contributed by atoms with Gasteiger partial charge >= 0.3 is 0 Å². The lowest BCUT2D eigenvalue weighted by atomic mass is 9.81. The second-order valence-electron chi connectivity index (χ2n) is 8.87. The Labute approximate surface area is 184 Å². The van der Waals surface area contributed by atoms with Crippen LogP contribution in [0, 0.1) is 17.7 Å². The molecule has 0 spiro atoms. The molecule has 5 heteroatoms. The SMILES string of the molecule is O=C(Cc1ccc(F)cc1)N1CCC(C2CCCCN(Cc3ccccc3)C2=O)CC1. The zero-order valence-electron chi connectivity index (χ0n) is 18.0. The molecule has 0 aliphatic carbocycles. The lowest BCUT2D eigenvalue weighted by Gasteiger charge is -2.36. The van der Waals surface area contributed by atoms with Gasteiger partial charge in [-0.3, -0.25) is 9.59 Å². The van der Waals surface area contributed by atoms with Crippen LogP contribution in [0.25, 0.3) is 0 Å². The van der Waals surface area contributed by atoms with Crippen molar-refractivity contribution in [1.29, 1.82) is 0 Å². The first kappa shape index (κ1) is 21.5. The van der Waals surface area contributed by atoms with Crippen molar-refractivity contribution in [2.45, 2.75) is 45.1 Å². The minimum atomic E-state index is -0.286. The summed E-state index contributed by atoms with van der Waals surface area (Å²) in [6, 6.07) is 16.3. The van der Waals surface area contributed by atoms with E-state index in [-0.39, 0.29) is 23.5 Å². The summed E-state index contributed by atoms with van der Waals surface area (Å²) in [4.78, 5) is 30.0. The van der Waals surface area contributed by atoms with Gasteiger partial charge in [-0.2, -0.15) is 0 Å². The maximum atomic E-state index is 13.3. The van der Waals surface area contributed by atoms with Crippen LogP contribution >= 0.6 is 0 Å². The van der Waals surface area contributed by atoms with E-state index in [0.717, 1.165) is 44.2 Å². The van der Waals surface area contributed by atoms with Gasteiger partial charge in [-0.05, 0) is 54.9 Å². The number of piperidine rings is 1. The van der Waals surface area contributed by atoms with E-state index >= 15 is 0 Å². The fourth-order valence-electron chi connectivity index (χ4n) is 4.97. The third kappa shape index (κ3) is 5.52. The van der Waals surface area contributed by atoms with Crippen LogP contribution in [-0.2, 0) is 22.6 Å². The normalized spacial score (nSPS) is 20.5. The van der Waals surface area contributed by atoms with Crippen LogP contribution in [0.15, 0.2) is 54.6 Å². The molecule has 4 rings (SSSR count). The fourth-order valence-corrected chi connectivity index (χ4v) is 4.97. The molecule has 2 aliphatic heterocycles. The molecule has 31 heavy (non-hydrogen) atoms. The summed E-state index contributed by atoms with van der Waals surface area (Å²) >= 11 is 0. The molecule has 2 fully saturated rings. The molecule has 2 saturated heterocycles. The Kier molecular flexibility index (Phi) is 7.00. The molecule has 2 aromatic rings. The second kappa shape index (κ2) is 10.1. The standard InChI is InChI=1S/C26H31FN2O2/c27-23-11-9-20(10-12-23)18-25(30)28-16-13-22(14-17-28)24-8-4-5-15-29(26(24)31)19-21-6-2-1-3-7-21/h1-3,6-7,9-12,22,24H,4-5,8,13-19H2. The summed E-state index contributed by atoms with van der Waals surface area (Å²) in [6.07, 6.45) is 5.17. The summed E-state index contributed by atoms with van der Waals surface area (Å²) in [5.41, 5.74) is 2.02. The van der Waals surface area contributed by atoms with Crippen molar-refractivity contribution in [3.8, 4) is 0 Å². The van der Waals surface area contributed by atoms with Gasteiger partial charge in [-0.25, -0.2) is 4.39 Å². The first-order valence-corrected chi connectivity index (χ1v) is 11.4. The van der Waals surface area contributed by atoms with E-state index in [1.54, 1.807) is 12.1 Å². The minimum absolute atomic E-state index is 0.0700.